The van der Waals surface area contributed by atoms with Crippen LogP contribution in [-0.2, 0) is 4.79 Å². The number of anilines is 1. The van der Waals surface area contributed by atoms with Crippen LogP contribution >= 0.6 is 0 Å². The second-order valence-electron chi connectivity index (χ2n) is 9.22. The fourth-order valence-corrected chi connectivity index (χ4v) is 5.34. The van der Waals surface area contributed by atoms with Crippen molar-refractivity contribution in [3.8, 4) is 0 Å². The van der Waals surface area contributed by atoms with Gasteiger partial charge in [0.05, 0.1) is 6.04 Å². The molecule has 0 bridgehead atoms. The number of benzene rings is 2. The first-order chi connectivity index (χ1) is 15.8. The zero-order valence-electron chi connectivity index (χ0n) is 20.5. The number of carbonyl (C=O) groups excluding carboxylic acids is 1. The molecular formula is C29H37FN2O. The Kier molecular flexibility index (Phi) is 8.12. The molecule has 176 valence electrons. The topological polar surface area (TPSA) is 41.1 Å². The summed E-state index contributed by atoms with van der Waals surface area (Å²) in [5.74, 6) is 0.285. The van der Waals surface area contributed by atoms with E-state index >= 15 is 0 Å². The Labute approximate surface area is 198 Å². The zero-order valence-corrected chi connectivity index (χ0v) is 20.5. The molecule has 1 unspecified atom stereocenters. The minimum atomic E-state index is -0.225. The minimum absolute atomic E-state index is 0.0123. The van der Waals surface area contributed by atoms with E-state index in [2.05, 4.69) is 42.7 Å². The van der Waals surface area contributed by atoms with Gasteiger partial charge in [-0.05, 0) is 85.4 Å². The smallest absolute Gasteiger partial charge is 0.217 e. The van der Waals surface area contributed by atoms with Gasteiger partial charge in [0.15, 0.2) is 0 Å². The van der Waals surface area contributed by atoms with Crippen molar-refractivity contribution in [2.24, 2.45) is 11.3 Å². The average Bonchev–Trinajstić information content (AvgIpc) is 3.11. The van der Waals surface area contributed by atoms with Gasteiger partial charge in [-0.25, -0.2) is 4.39 Å². The van der Waals surface area contributed by atoms with Gasteiger partial charge in [0.25, 0.3) is 0 Å². The maximum Gasteiger partial charge on any atom is 0.217 e. The lowest BCUT2D eigenvalue weighted by Crippen LogP contribution is -2.33. The Morgan fingerprint density at radius 1 is 1.12 bits per heavy atom. The number of halogens is 1. The normalized spacial score (nSPS) is 22.5. The van der Waals surface area contributed by atoms with E-state index < -0.39 is 0 Å². The van der Waals surface area contributed by atoms with Gasteiger partial charge in [-0.2, -0.15) is 0 Å². The van der Waals surface area contributed by atoms with Crippen molar-refractivity contribution in [3.63, 3.8) is 0 Å². The molecule has 0 spiro atoms. The van der Waals surface area contributed by atoms with E-state index in [0.717, 1.165) is 37.1 Å². The second kappa shape index (κ2) is 10.8. The largest absolute Gasteiger partial charge is 0.356 e. The first-order valence-electron chi connectivity index (χ1n) is 12.1. The molecular weight excluding hydrogens is 411 g/mol. The van der Waals surface area contributed by atoms with Crippen LogP contribution in [0.1, 0.15) is 71.9 Å². The molecule has 33 heavy (non-hydrogen) atoms. The molecule has 1 amide bonds. The first kappa shape index (κ1) is 24.8. The fraction of sp³-hybridized carbons (Fsp3) is 0.414. The molecule has 3 nitrogen and oxygen atoms in total. The van der Waals surface area contributed by atoms with Crippen molar-refractivity contribution in [2.45, 2.75) is 66.3 Å². The van der Waals surface area contributed by atoms with Gasteiger partial charge in [-0.3, -0.25) is 4.79 Å². The lowest BCUT2D eigenvalue weighted by atomic mass is 9.68. The van der Waals surface area contributed by atoms with E-state index in [1.165, 1.54) is 28.8 Å². The standard InChI is InChI=1S/C27H31FN2O.C2H6/c1-18-17-27(3)21(15-25(18)30-24-13-11-23(28)12-14-24)9-10-22(27)16-26(29-19(2)31)20-7-5-4-6-8-20;1-2/h4-8,11-15,22,26,30H,9-10,16-17H2,1-3H3,(H,29,31);1-2H3/t22-,26?,27+;/m1./s1. The highest BCUT2D eigenvalue weighted by atomic mass is 19.1. The maximum atomic E-state index is 13.2. The van der Waals surface area contributed by atoms with Crippen LogP contribution in [0.2, 0.25) is 0 Å². The molecule has 4 heteroatoms. The van der Waals surface area contributed by atoms with Crippen LogP contribution in [0.4, 0.5) is 10.1 Å². The Hall–Kier alpha value is -2.88. The summed E-state index contributed by atoms with van der Waals surface area (Å²) in [6, 6.07) is 16.8. The van der Waals surface area contributed by atoms with E-state index in [4.69, 9.17) is 0 Å². The number of hydrogen-bond acceptors (Lipinski definition) is 2. The van der Waals surface area contributed by atoms with Gasteiger partial charge in [0, 0.05) is 18.3 Å². The van der Waals surface area contributed by atoms with Crippen LogP contribution in [0.15, 0.2) is 77.5 Å². The Morgan fingerprint density at radius 3 is 2.42 bits per heavy atom. The van der Waals surface area contributed by atoms with Gasteiger partial charge in [-0.15, -0.1) is 0 Å². The molecule has 2 aliphatic rings. The summed E-state index contributed by atoms with van der Waals surface area (Å²) in [5, 5.41) is 6.65. The average molecular weight is 449 g/mol. The third-order valence-corrected chi connectivity index (χ3v) is 7.03. The molecule has 3 atom stereocenters. The van der Waals surface area contributed by atoms with Crippen molar-refractivity contribution in [1.29, 1.82) is 0 Å². The van der Waals surface area contributed by atoms with Crippen LogP contribution in [0.25, 0.3) is 0 Å². The fourth-order valence-electron chi connectivity index (χ4n) is 5.34. The molecule has 0 radical (unpaired) electrons. The van der Waals surface area contributed by atoms with Gasteiger partial charge in [0.1, 0.15) is 5.82 Å². The Bertz CT molecular complexity index is 1010. The molecule has 2 aromatic rings. The molecule has 0 aliphatic heterocycles. The summed E-state index contributed by atoms with van der Waals surface area (Å²) in [6.45, 7) is 10.2. The number of rotatable bonds is 6. The highest BCUT2D eigenvalue weighted by Crippen LogP contribution is 2.56. The molecule has 4 rings (SSSR count). The van der Waals surface area contributed by atoms with E-state index in [0.29, 0.717) is 5.92 Å². The molecule has 0 heterocycles. The van der Waals surface area contributed by atoms with Crippen molar-refractivity contribution in [3.05, 3.63) is 88.9 Å². The monoisotopic (exact) mass is 448 g/mol. The summed E-state index contributed by atoms with van der Waals surface area (Å²) in [6.07, 6.45) is 6.44. The highest BCUT2D eigenvalue weighted by molar-refractivity contribution is 5.73. The summed E-state index contributed by atoms with van der Waals surface area (Å²) in [4.78, 5) is 11.9. The third kappa shape index (κ3) is 5.73. The highest BCUT2D eigenvalue weighted by Gasteiger charge is 2.45. The second-order valence-corrected chi connectivity index (χ2v) is 9.22. The molecule has 2 aliphatic carbocycles. The summed E-state index contributed by atoms with van der Waals surface area (Å²) in [5.41, 5.74) is 6.09. The predicted molar refractivity (Wildman–Crippen MR) is 135 cm³/mol. The van der Waals surface area contributed by atoms with Crippen LogP contribution in [0.3, 0.4) is 0 Å². The Balaban J connectivity index is 0.00000149. The van der Waals surface area contributed by atoms with Gasteiger partial charge in [0.2, 0.25) is 5.91 Å². The Morgan fingerprint density at radius 2 is 1.79 bits per heavy atom. The minimum Gasteiger partial charge on any atom is -0.356 e. The number of fused-ring (bicyclic) bond motifs is 1. The summed E-state index contributed by atoms with van der Waals surface area (Å²) in [7, 11) is 0. The molecule has 2 aromatic carbocycles. The van der Waals surface area contributed by atoms with Gasteiger partial charge < -0.3 is 10.6 Å². The van der Waals surface area contributed by atoms with Gasteiger partial charge >= 0.3 is 0 Å². The van der Waals surface area contributed by atoms with Crippen molar-refractivity contribution in [1.82, 2.24) is 5.32 Å². The zero-order chi connectivity index (χ0) is 24.0. The van der Waals surface area contributed by atoms with Crippen LogP contribution < -0.4 is 10.6 Å². The van der Waals surface area contributed by atoms with E-state index in [9.17, 15) is 9.18 Å². The molecule has 1 fully saturated rings. The lowest BCUT2D eigenvalue weighted by molar-refractivity contribution is -0.119. The number of allylic oxidation sites excluding steroid dienone is 3. The SMILES string of the molecule is CC.CC(=O)NC(C[C@H]1CCC2=CC(Nc3ccc(F)cc3)=C(C)C[C@@]21C)c1ccccc1. The van der Waals surface area contributed by atoms with Crippen LogP contribution in [0, 0.1) is 17.2 Å². The number of amides is 1. The number of carbonyl (C=O) groups is 1. The van der Waals surface area contributed by atoms with Crippen LogP contribution in [-0.4, -0.2) is 5.91 Å². The van der Waals surface area contributed by atoms with Crippen molar-refractivity contribution < 1.29 is 9.18 Å². The lowest BCUT2D eigenvalue weighted by Gasteiger charge is -2.39. The number of hydrogen-bond donors (Lipinski definition) is 2. The third-order valence-electron chi connectivity index (χ3n) is 7.03. The van der Waals surface area contributed by atoms with Crippen molar-refractivity contribution in [2.75, 3.05) is 5.32 Å². The molecule has 0 aromatic heterocycles. The maximum absolute atomic E-state index is 13.2. The van der Waals surface area contributed by atoms with Crippen molar-refractivity contribution >= 4 is 11.6 Å². The molecule has 2 N–H and O–H groups in total. The summed E-state index contributed by atoms with van der Waals surface area (Å²) < 4.78 is 13.2. The number of nitrogens with one attached hydrogen (secondary N) is 2. The predicted octanol–water partition coefficient (Wildman–Crippen LogP) is 7.55. The summed E-state index contributed by atoms with van der Waals surface area (Å²) >= 11 is 0. The quantitative estimate of drug-likeness (QED) is 0.479. The van der Waals surface area contributed by atoms with E-state index in [-0.39, 0.29) is 23.2 Å². The van der Waals surface area contributed by atoms with E-state index in [1.807, 2.05) is 32.0 Å². The molecule has 1 saturated carbocycles. The molecule has 0 saturated heterocycles. The first-order valence-corrected chi connectivity index (χ1v) is 12.1. The van der Waals surface area contributed by atoms with E-state index in [1.54, 1.807) is 19.1 Å². The van der Waals surface area contributed by atoms with Gasteiger partial charge in [-0.1, -0.05) is 56.7 Å². The van der Waals surface area contributed by atoms with Crippen LogP contribution in [0.5, 0.6) is 0 Å².